The molecule has 1 aliphatic heterocycles. The number of rotatable bonds is 5. The summed E-state index contributed by atoms with van der Waals surface area (Å²) in [6.45, 7) is 2.87. The predicted molar refractivity (Wildman–Crippen MR) is 110 cm³/mol. The van der Waals surface area contributed by atoms with Gasteiger partial charge in [0.25, 0.3) is 5.89 Å². The van der Waals surface area contributed by atoms with Crippen LogP contribution in [0.4, 0.5) is 4.39 Å². The Labute approximate surface area is 177 Å². The molecule has 0 unspecified atom stereocenters. The van der Waals surface area contributed by atoms with Crippen LogP contribution in [0.1, 0.15) is 16.8 Å². The van der Waals surface area contributed by atoms with Crippen molar-refractivity contribution in [2.24, 2.45) is 0 Å². The van der Waals surface area contributed by atoms with Crippen LogP contribution in [0, 0.1) is 6.92 Å². The standard InChI is InChI=1S/C22H18ClFN4O2/c1-14-8-17(11-28(14)10-15-2-7-19(23)25-9-15)21-26-20(27-30-21)16-3-5-18(6-4-16)22(24)12-29-13-22/h2-9,11H,10,12-13H2,1H3. The van der Waals surface area contributed by atoms with Gasteiger partial charge in [-0.2, -0.15) is 4.98 Å². The molecule has 5 rings (SSSR count). The molecule has 1 aromatic carbocycles. The van der Waals surface area contributed by atoms with Gasteiger partial charge in [-0.25, -0.2) is 9.37 Å². The maximum Gasteiger partial charge on any atom is 0.259 e. The molecule has 1 aliphatic rings. The van der Waals surface area contributed by atoms with Crippen molar-refractivity contribution in [2.45, 2.75) is 19.1 Å². The highest BCUT2D eigenvalue weighted by Crippen LogP contribution is 2.34. The lowest BCUT2D eigenvalue weighted by Crippen LogP contribution is -2.42. The summed E-state index contributed by atoms with van der Waals surface area (Å²) in [6.07, 6.45) is 3.72. The Hall–Kier alpha value is -3.03. The molecule has 0 radical (unpaired) electrons. The van der Waals surface area contributed by atoms with E-state index in [1.54, 1.807) is 36.5 Å². The fraction of sp³-hybridized carbons (Fsp3) is 0.227. The van der Waals surface area contributed by atoms with Crippen molar-refractivity contribution in [1.82, 2.24) is 19.7 Å². The van der Waals surface area contributed by atoms with E-state index in [1.165, 1.54) is 0 Å². The van der Waals surface area contributed by atoms with Crippen molar-refractivity contribution in [3.05, 3.63) is 76.8 Å². The van der Waals surface area contributed by atoms with Crippen molar-refractivity contribution in [3.63, 3.8) is 0 Å². The highest BCUT2D eigenvalue weighted by atomic mass is 35.5. The van der Waals surface area contributed by atoms with Gasteiger partial charge in [0.2, 0.25) is 5.82 Å². The van der Waals surface area contributed by atoms with Crippen LogP contribution in [0.3, 0.4) is 0 Å². The van der Waals surface area contributed by atoms with Crippen LogP contribution < -0.4 is 0 Å². The first-order valence-electron chi connectivity index (χ1n) is 9.49. The molecule has 4 aromatic rings. The van der Waals surface area contributed by atoms with E-state index in [1.807, 2.05) is 25.3 Å². The topological polar surface area (TPSA) is 66.0 Å². The molecule has 0 bridgehead atoms. The largest absolute Gasteiger partial charge is 0.374 e. The number of ether oxygens (including phenoxy) is 1. The van der Waals surface area contributed by atoms with Crippen LogP contribution in [-0.2, 0) is 17.0 Å². The first kappa shape index (κ1) is 19.0. The van der Waals surface area contributed by atoms with Gasteiger partial charge in [0.15, 0.2) is 5.67 Å². The fourth-order valence-corrected chi connectivity index (χ4v) is 3.53. The Bertz CT molecular complexity index is 1180. The van der Waals surface area contributed by atoms with Gasteiger partial charge >= 0.3 is 0 Å². The number of pyridine rings is 1. The number of halogens is 2. The third-order valence-electron chi connectivity index (χ3n) is 5.25. The van der Waals surface area contributed by atoms with Gasteiger partial charge in [0, 0.05) is 30.2 Å². The molecule has 0 spiro atoms. The number of hydrogen-bond donors (Lipinski definition) is 0. The van der Waals surface area contributed by atoms with Crippen molar-refractivity contribution in [1.29, 1.82) is 0 Å². The van der Waals surface area contributed by atoms with Crippen LogP contribution in [0.5, 0.6) is 0 Å². The van der Waals surface area contributed by atoms with Crippen molar-refractivity contribution in [3.8, 4) is 22.8 Å². The number of aromatic nitrogens is 4. The number of benzene rings is 1. The first-order valence-corrected chi connectivity index (χ1v) is 9.87. The quantitative estimate of drug-likeness (QED) is 0.430. The molecule has 6 nitrogen and oxygen atoms in total. The van der Waals surface area contributed by atoms with E-state index in [2.05, 4.69) is 19.7 Å². The molecule has 4 heterocycles. The Morgan fingerprint density at radius 1 is 1.13 bits per heavy atom. The molecule has 0 N–H and O–H groups in total. The third-order valence-corrected chi connectivity index (χ3v) is 5.47. The number of alkyl halides is 1. The summed E-state index contributed by atoms with van der Waals surface area (Å²) in [5, 5.41) is 4.55. The molecule has 0 aliphatic carbocycles. The zero-order valence-electron chi connectivity index (χ0n) is 16.2. The second-order valence-electron chi connectivity index (χ2n) is 7.45. The van der Waals surface area contributed by atoms with Crippen molar-refractivity contribution >= 4 is 11.6 Å². The Kier molecular flexibility index (Phi) is 4.64. The number of hydrogen-bond acceptors (Lipinski definition) is 5. The molecule has 0 saturated carbocycles. The minimum atomic E-state index is -1.39. The molecule has 0 atom stereocenters. The summed E-state index contributed by atoms with van der Waals surface area (Å²) in [5.41, 5.74) is 2.91. The highest BCUT2D eigenvalue weighted by molar-refractivity contribution is 6.29. The number of nitrogens with zero attached hydrogens (tertiary/aromatic N) is 4. The van der Waals surface area contributed by atoms with Gasteiger partial charge in [-0.1, -0.05) is 47.1 Å². The molecule has 1 saturated heterocycles. The highest BCUT2D eigenvalue weighted by Gasteiger charge is 2.40. The molecule has 3 aromatic heterocycles. The van der Waals surface area contributed by atoms with Gasteiger partial charge in [-0.3, -0.25) is 0 Å². The fourth-order valence-electron chi connectivity index (χ4n) is 3.42. The zero-order valence-corrected chi connectivity index (χ0v) is 16.9. The lowest BCUT2D eigenvalue weighted by molar-refractivity contribution is -0.135. The van der Waals surface area contributed by atoms with Gasteiger partial charge < -0.3 is 13.8 Å². The molecule has 152 valence electrons. The summed E-state index contributed by atoms with van der Waals surface area (Å²) in [5.74, 6) is 0.890. The van der Waals surface area contributed by atoms with Gasteiger partial charge in [-0.15, -0.1) is 0 Å². The Morgan fingerprint density at radius 2 is 1.93 bits per heavy atom. The summed E-state index contributed by atoms with van der Waals surface area (Å²) < 4.78 is 27.0. The lowest BCUT2D eigenvalue weighted by atomic mass is 9.93. The Balaban J connectivity index is 1.36. The van der Waals surface area contributed by atoms with E-state index in [4.69, 9.17) is 20.9 Å². The summed E-state index contributed by atoms with van der Waals surface area (Å²) in [6, 6.07) is 12.8. The second-order valence-corrected chi connectivity index (χ2v) is 7.83. The van der Waals surface area contributed by atoms with Crippen LogP contribution in [0.15, 0.2) is 59.4 Å². The van der Waals surface area contributed by atoms with Crippen molar-refractivity contribution in [2.75, 3.05) is 13.2 Å². The van der Waals surface area contributed by atoms with Gasteiger partial charge in [0.1, 0.15) is 5.15 Å². The van der Waals surface area contributed by atoms with Crippen LogP contribution in [-0.4, -0.2) is 32.9 Å². The van der Waals surface area contributed by atoms with E-state index >= 15 is 0 Å². The molecular formula is C22H18ClFN4O2. The average molecular weight is 425 g/mol. The smallest absolute Gasteiger partial charge is 0.259 e. The molecular weight excluding hydrogens is 407 g/mol. The zero-order chi connectivity index (χ0) is 20.7. The second kappa shape index (κ2) is 7.34. The van der Waals surface area contributed by atoms with E-state index < -0.39 is 5.67 Å². The molecule has 0 amide bonds. The first-order chi connectivity index (χ1) is 14.5. The van der Waals surface area contributed by atoms with E-state index in [0.29, 0.717) is 29.0 Å². The monoisotopic (exact) mass is 424 g/mol. The van der Waals surface area contributed by atoms with Crippen LogP contribution in [0.25, 0.3) is 22.8 Å². The third kappa shape index (κ3) is 3.51. The Morgan fingerprint density at radius 3 is 2.60 bits per heavy atom. The van der Waals surface area contributed by atoms with Crippen LogP contribution in [0.2, 0.25) is 5.15 Å². The average Bonchev–Trinajstić information content (AvgIpc) is 3.35. The SMILES string of the molecule is Cc1cc(-c2nc(-c3ccc(C4(F)COC4)cc3)no2)cn1Cc1ccc(Cl)nc1. The summed E-state index contributed by atoms with van der Waals surface area (Å²) in [7, 11) is 0. The lowest BCUT2D eigenvalue weighted by Gasteiger charge is -2.34. The van der Waals surface area contributed by atoms with E-state index in [-0.39, 0.29) is 13.2 Å². The number of aryl methyl sites for hydroxylation is 1. The maximum atomic E-state index is 14.4. The minimum Gasteiger partial charge on any atom is -0.374 e. The van der Waals surface area contributed by atoms with Gasteiger partial charge in [0.05, 0.1) is 18.8 Å². The maximum absolute atomic E-state index is 14.4. The molecule has 8 heteroatoms. The van der Waals surface area contributed by atoms with E-state index in [9.17, 15) is 4.39 Å². The minimum absolute atomic E-state index is 0.0983. The summed E-state index contributed by atoms with van der Waals surface area (Å²) in [4.78, 5) is 8.63. The normalized spacial score (nSPS) is 15.2. The summed E-state index contributed by atoms with van der Waals surface area (Å²) >= 11 is 5.85. The predicted octanol–water partition coefficient (Wildman–Crippen LogP) is 4.81. The van der Waals surface area contributed by atoms with E-state index in [0.717, 1.165) is 22.4 Å². The van der Waals surface area contributed by atoms with Crippen LogP contribution >= 0.6 is 11.6 Å². The van der Waals surface area contributed by atoms with Crippen molar-refractivity contribution < 1.29 is 13.7 Å². The molecule has 1 fully saturated rings. The molecule has 30 heavy (non-hydrogen) atoms. The van der Waals surface area contributed by atoms with Gasteiger partial charge in [-0.05, 0) is 30.2 Å².